The Balaban J connectivity index is -0.000000485. The van der Waals surface area contributed by atoms with Crippen LogP contribution >= 0.6 is 15.9 Å². The molecule has 0 rings (SSSR count). The van der Waals surface area contributed by atoms with Gasteiger partial charge in [-0.1, -0.05) is 206 Å². The highest BCUT2D eigenvalue weighted by Crippen LogP contribution is 2.12. The predicted octanol–water partition coefficient (Wildman–Crippen LogP) is 13.9. The third kappa shape index (κ3) is 68.1. The fraction of sp³-hybridized carbons (Fsp3) is 1.00. The summed E-state index contributed by atoms with van der Waals surface area (Å²) in [6, 6.07) is 0. The SMILES string of the molecule is CCCCBr.CCCCCCCCCCCCN(CCCC)CCN(CCC)CCN(C)CCCC.CCCCCCCCCCCCNCCN(CCC)CCNC.CCCN(CCN)CCNC. The maximum Gasteiger partial charge on any atom is 0.0110 e. The maximum atomic E-state index is 5.47. The number of rotatable bonds is 53. The average molecular weight is 1060 g/mol. The molecule has 0 atom stereocenters. The Kier molecular flexibility index (Phi) is 77.9. The molecule has 70 heavy (non-hydrogen) atoms. The lowest BCUT2D eigenvalue weighted by Crippen LogP contribution is -2.40. The quantitative estimate of drug-likeness (QED) is 0.0352. The van der Waals surface area contributed by atoms with Crippen molar-refractivity contribution in [1.82, 2.24) is 40.4 Å². The molecule has 0 fully saturated rings. The normalized spacial score (nSPS) is 11.4. The first kappa shape index (κ1) is 76.6. The minimum Gasteiger partial charge on any atom is -0.329 e. The van der Waals surface area contributed by atoms with Gasteiger partial charge in [0.1, 0.15) is 0 Å². The molecule has 0 aromatic rings. The van der Waals surface area contributed by atoms with Gasteiger partial charge in [-0.3, -0.25) is 0 Å². The summed E-state index contributed by atoms with van der Waals surface area (Å²) in [7, 11) is 6.30. The van der Waals surface area contributed by atoms with Crippen LogP contribution in [0.1, 0.15) is 242 Å². The van der Waals surface area contributed by atoms with E-state index in [2.05, 4.69) is 119 Å². The summed E-state index contributed by atoms with van der Waals surface area (Å²) >= 11 is 3.31. The van der Waals surface area contributed by atoms with E-state index in [4.69, 9.17) is 5.73 Å². The van der Waals surface area contributed by atoms with Crippen LogP contribution in [0, 0.1) is 0 Å². The summed E-state index contributed by atoms with van der Waals surface area (Å²) in [5.74, 6) is 0. The van der Waals surface area contributed by atoms with E-state index < -0.39 is 0 Å². The molecule has 0 saturated heterocycles. The number of nitrogens with zero attached hydrogens (tertiary/aromatic N) is 5. The van der Waals surface area contributed by atoms with Crippen LogP contribution in [0.15, 0.2) is 0 Å². The second kappa shape index (κ2) is 71.2. The average Bonchev–Trinajstić information content (AvgIpc) is 3.36. The molecule has 0 radical (unpaired) electrons. The molecular weight excluding hydrogens is 927 g/mol. The molecule has 0 amide bonds. The molecule has 0 saturated carbocycles. The highest BCUT2D eigenvalue weighted by molar-refractivity contribution is 9.09. The van der Waals surface area contributed by atoms with Crippen molar-refractivity contribution in [1.29, 1.82) is 0 Å². The van der Waals surface area contributed by atoms with Crippen LogP contribution in [0.4, 0.5) is 0 Å². The van der Waals surface area contributed by atoms with Gasteiger partial charge < -0.3 is 46.2 Å². The van der Waals surface area contributed by atoms with Gasteiger partial charge in [-0.25, -0.2) is 0 Å². The number of halogens is 1. The molecule has 0 aromatic carbocycles. The van der Waals surface area contributed by atoms with Crippen molar-refractivity contribution in [3.63, 3.8) is 0 Å². The van der Waals surface area contributed by atoms with Gasteiger partial charge in [0.15, 0.2) is 0 Å². The van der Waals surface area contributed by atoms with E-state index in [-0.39, 0.29) is 0 Å². The van der Waals surface area contributed by atoms with Crippen molar-refractivity contribution in [2.24, 2.45) is 5.73 Å². The van der Waals surface area contributed by atoms with Gasteiger partial charge in [0.25, 0.3) is 0 Å². The van der Waals surface area contributed by atoms with Crippen LogP contribution in [0.3, 0.4) is 0 Å². The molecule has 9 nitrogen and oxygen atoms in total. The Labute approximate surface area is 452 Å². The number of nitrogens with one attached hydrogen (secondary N) is 3. The summed E-state index contributed by atoms with van der Waals surface area (Å²) < 4.78 is 0. The van der Waals surface area contributed by atoms with Crippen LogP contribution in [-0.2, 0) is 0 Å². The van der Waals surface area contributed by atoms with Gasteiger partial charge in [-0.05, 0) is 118 Å². The van der Waals surface area contributed by atoms with Crippen molar-refractivity contribution in [2.45, 2.75) is 242 Å². The lowest BCUT2D eigenvalue weighted by atomic mass is 10.1. The summed E-state index contributed by atoms with van der Waals surface area (Å²) in [6.45, 7) is 40.4. The smallest absolute Gasteiger partial charge is 0.0110 e. The molecule has 0 aromatic heterocycles. The molecule has 0 heterocycles. The highest BCUT2D eigenvalue weighted by atomic mass is 79.9. The molecule has 0 aliphatic heterocycles. The second-order valence-electron chi connectivity index (χ2n) is 20.5. The maximum absolute atomic E-state index is 5.47. The van der Waals surface area contributed by atoms with Crippen LogP contribution in [0.5, 0.6) is 0 Å². The molecular formula is C60H136BrN9. The van der Waals surface area contributed by atoms with E-state index >= 15 is 0 Å². The minimum absolute atomic E-state index is 0.768. The third-order valence-corrected chi connectivity index (χ3v) is 13.9. The zero-order valence-corrected chi connectivity index (χ0v) is 51.9. The first-order valence-electron chi connectivity index (χ1n) is 31.1. The van der Waals surface area contributed by atoms with E-state index in [1.807, 2.05) is 14.1 Å². The number of hydrogen-bond acceptors (Lipinski definition) is 9. The Bertz CT molecular complexity index is 851. The molecule has 428 valence electrons. The molecule has 0 unspecified atom stereocenters. The van der Waals surface area contributed by atoms with E-state index in [1.54, 1.807) is 0 Å². The van der Waals surface area contributed by atoms with Crippen LogP contribution in [0.25, 0.3) is 0 Å². The monoisotopic (exact) mass is 1060 g/mol. The largest absolute Gasteiger partial charge is 0.329 e. The van der Waals surface area contributed by atoms with Gasteiger partial charge in [0, 0.05) is 83.9 Å². The minimum atomic E-state index is 0.768. The van der Waals surface area contributed by atoms with E-state index in [0.717, 1.165) is 44.6 Å². The zero-order chi connectivity index (χ0) is 52.7. The summed E-state index contributed by atoms with van der Waals surface area (Å²) in [5, 5.41) is 11.1. The van der Waals surface area contributed by atoms with Crippen LogP contribution in [-0.4, -0.2) is 175 Å². The molecule has 0 aliphatic rings. The Morgan fingerprint density at radius 3 is 1.04 bits per heavy atom. The van der Waals surface area contributed by atoms with Crippen molar-refractivity contribution in [3.8, 4) is 0 Å². The topological polar surface area (TPSA) is 78.3 Å². The van der Waals surface area contributed by atoms with Gasteiger partial charge in [-0.15, -0.1) is 0 Å². The Morgan fingerprint density at radius 2 is 0.643 bits per heavy atom. The first-order chi connectivity index (χ1) is 34.3. The molecule has 10 heteroatoms. The summed E-state index contributed by atoms with van der Waals surface area (Å²) in [4.78, 5) is 12.9. The predicted molar refractivity (Wildman–Crippen MR) is 326 cm³/mol. The van der Waals surface area contributed by atoms with Gasteiger partial charge in [0.2, 0.25) is 0 Å². The highest BCUT2D eigenvalue weighted by Gasteiger charge is 2.10. The van der Waals surface area contributed by atoms with Crippen LogP contribution in [0.2, 0.25) is 0 Å². The number of hydrogen-bond donors (Lipinski definition) is 4. The summed E-state index contributed by atoms with van der Waals surface area (Å²) in [6.07, 6.45) is 40.2. The summed E-state index contributed by atoms with van der Waals surface area (Å²) in [5.41, 5.74) is 5.47. The van der Waals surface area contributed by atoms with E-state index in [0.29, 0.717) is 0 Å². The number of unbranched alkanes of at least 4 members (excludes halogenated alkanes) is 21. The van der Waals surface area contributed by atoms with Crippen molar-refractivity contribution >= 4 is 15.9 Å². The van der Waals surface area contributed by atoms with Crippen molar-refractivity contribution < 1.29 is 0 Å². The lowest BCUT2D eigenvalue weighted by Gasteiger charge is -2.29. The van der Waals surface area contributed by atoms with Crippen molar-refractivity contribution in [2.75, 3.05) is 151 Å². The number of nitrogens with two attached hydrogens (primary N) is 1. The Morgan fingerprint density at radius 1 is 0.300 bits per heavy atom. The standard InChI is InChI=1S/C28H61N3.C20H45N3.C8H21N3.C4H9Br/c1-6-10-13-14-15-16-17-18-19-20-24-31(23-12-8-3)28-27-30(21-9-4)26-25-29(5)22-11-7-2;1-4-6-7-8-9-10-11-12-13-14-15-22-17-20-23(18-5-2)19-16-21-3;1-3-6-11(7-4-9)8-5-10-2;1-2-3-4-5/h6-28H2,1-5H3;21-22H,4-20H2,1-3H3;10H,3-9H2,1-2H3;2-4H2,1H3. The second-order valence-corrected chi connectivity index (χ2v) is 21.3. The molecule has 0 spiro atoms. The molecule has 0 bridgehead atoms. The lowest BCUT2D eigenvalue weighted by molar-refractivity contribution is 0.181. The first-order valence-corrected chi connectivity index (χ1v) is 32.2. The van der Waals surface area contributed by atoms with Gasteiger partial charge in [0.05, 0.1) is 0 Å². The zero-order valence-electron chi connectivity index (χ0n) is 50.3. The van der Waals surface area contributed by atoms with E-state index in [9.17, 15) is 0 Å². The molecule has 5 N–H and O–H groups in total. The van der Waals surface area contributed by atoms with Crippen molar-refractivity contribution in [3.05, 3.63) is 0 Å². The fourth-order valence-corrected chi connectivity index (χ4v) is 9.15. The van der Waals surface area contributed by atoms with E-state index in [1.165, 1.54) is 271 Å². The fourth-order valence-electron chi connectivity index (χ4n) is 8.59. The number of likely N-dealkylation sites (N-methyl/N-ethyl adjacent to an activating group) is 3. The third-order valence-electron chi connectivity index (χ3n) is 13.3. The van der Waals surface area contributed by atoms with Gasteiger partial charge in [-0.2, -0.15) is 0 Å². The van der Waals surface area contributed by atoms with Crippen LogP contribution < -0.4 is 21.7 Å². The Hall–Kier alpha value is 0.120. The van der Waals surface area contributed by atoms with Gasteiger partial charge >= 0.3 is 0 Å². The number of alkyl halides is 1. The molecule has 0 aliphatic carbocycles.